The van der Waals surface area contributed by atoms with Crippen molar-refractivity contribution in [2.24, 2.45) is 5.84 Å². The number of nitro groups is 1. The predicted octanol–water partition coefficient (Wildman–Crippen LogP) is 0.209. The summed E-state index contributed by atoms with van der Waals surface area (Å²) >= 11 is 0.708. The van der Waals surface area contributed by atoms with Crippen molar-refractivity contribution in [2.75, 3.05) is 32.7 Å². The largest absolute Gasteiger partial charge is 0.383 e. The normalized spacial score (nSPS) is 11.8. The number of hydrogen-bond acceptors (Lipinski definition) is 8. The Kier molecular flexibility index (Phi) is 5.20. The summed E-state index contributed by atoms with van der Waals surface area (Å²) in [6.07, 6.45) is 0. The molecule has 0 unspecified atom stereocenters. The maximum absolute atomic E-state index is 12.1. The summed E-state index contributed by atoms with van der Waals surface area (Å²) in [4.78, 5) is 10.1. The minimum absolute atomic E-state index is 0.0104. The van der Waals surface area contributed by atoms with Gasteiger partial charge in [-0.2, -0.15) is 4.31 Å². The molecule has 1 aromatic heterocycles. The maximum atomic E-state index is 12.1. The zero-order valence-electron chi connectivity index (χ0n) is 10.3. The maximum Gasteiger partial charge on any atom is 0.306 e. The first kappa shape index (κ1) is 15.8. The fourth-order valence-corrected chi connectivity index (χ4v) is 3.82. The SMILES string of the molecule is COCCN(C)S(=O)(=O)c1cc([N+](=O)[O-])c(NN)s1. The van der Waals surface area contributed by atoms with Gasteiger partial charge in [-0.05, 0) is 0 Å². The van der Waals surface area contributed by atoms with E-state index >= 15 is 0 Å². The van der Waals surface area contributed by atoms with Crippen LogP contribution in [0.25, 0.3) is 0 Å². The van der Waals surface area contributed by atoms with E-state index in [1.54, 1.807) is 0 Å². The third-order valence-electron chi connectivity index (χ3n) is 2.29. The Hall–Kier alpha value is -1.27. The summed E-state index contributed by atoms with van der Waals surface area (Å²) in [7, 11) is -0.963. The molecule has 1 rings (SSSR count). The number of ether oxygens (including phenoxy) is 1. The Morgan fingerprint density at radius 3 is 2.68 bits per heavy atom. The smallest absolute Gasteiger partial charge is 0.306 e. The third-order valence-corrected chi connectivity index (χ3v) is 5.65. The average molecular weight is 310 g/mol. The van der Waals surface area contributed by atoms with E-state index in [0.717, 1.165) is 10.4 Å². The Bertz CT molecular complexity index is 555. The van der Waals surface area contributed by atoms with E-state index < -0.39 is 14.9 Å². The number of thiophene rings is 1. The van der Waals surface area contributed by atoms with Crippen molar-refractivity contribution in [1.82, 2.24) is 4.31 Å². The number of sulfonamides is 1. The van der Waals surface area contributed by atoms with Crippen LogP contribution in [-0.2, 0) is 14.8 Å². The molecule has 0 saturated heterocycles. The summed E-state index contributed by atoms with van der Waals surface area (Å²) in [6, 6.07) is 0.985. The van der Waals surface area contributed by atoms with Gasteiger partial charge in [0.25, 0.3) is 10.0 Å². The lowest BCUT2D eigenvalue weighted by Crippen LogP contribution is -2.29. The van der Waals surface area contributed by atoms with Gasteiger partial charge in [0, 0.05) is 26.8 Å². The van der Waals surface area contributed by atoms with E-state index in [4.69, 9.17) is 10.6 Å². The highest BCUT2D eigenvalue weighted by Crippen LogP contribution is 2.37. The van der Waals surface area contributed by atoms with Crippen LogP contribution < -0.4 is 11.3 Å². The number of nitrogens with two attached hydrogens (primary N) is 1. The van der Waals surface area contributed by atoms with Gasteiger partial charge in [0.1, 0.15) is 4.21 Å². The summed E-state index contributed by atoms with van der Waals surface area (Å²) in [5.74, 6) is 5.13. The van der Waals surface area contributed by atoms with Crippen LogP contribution >= 0.6 is 11.3 Å². The summed E-state index contributed by atoms with van der Waals surface area (Å²) < 4.78 is 30.0. The van der Waals surface area contributed by atoms with Crippen LogP contribution in [0.1, 0.15) is 0 Å². The van der Waals surface area contributed by atoms with Crippen LogP contribution in [0.4, 0.5) is 10.7 Å². The number of anilines is 1. The molecule has 19 heavy (non-hydrogen) atoms. The summed E-state index contributed by atoms with van der Waals surface area (Å²) in [5, 5.41) is 10.7. The molecule has 0 bridgehead atoms. The highest BCUT2D eigenvalue weighted by Gasteiger charge is 2.28. The second-order valence-corrected chi connectivity index (χ2v) is 6.82. The van der Waals surface area contributed by atoms with E-state index in [2.05, 4.69) is 5.43 Å². The van der Waals surface area contributed by atoms with Crippen molar-refractivity contribution in [3.63, 3.8) is 0 Å². The number of hydrogen-bond donors (Lipinski definition) is 2. The third kappa shape index (κ3) is 3.39. The van der Waals surface area contributed by atoms with Crippen molar-refractivity contribution in [1.29, 1.82) is 0 Å². The lowest BCUT2D eigenvalue weighted by Gasteiger charge is -2.14. The second-order valence-electron chi connectivity index (χ2n) is 3.50. The van der Waals surface area contributed by atoms with Crippen LogP contribution in [-0.4, -0.2) is 45.0 Å². The number of methoxy groups -OCH3 is 1. The van der Waals surface area contributed by atoms with Gasteiger partial charge in [-0.25, -0.2) is 14.3 Å². The number of nitrogen functional groups attached to an aromatic ring is 1. The molecule has 3 N–H and O–H groups in total. The fourth-order valence-electron chi connectivity index (χ4n) is 1.22. The number of rotatable bonds is 7. The molecule has 0 aromatic carbocycles. The first-order valence-corrected chi connectivity index (χ1v) is 7.30. The van der Waals surface area contributed by atoms with Crippen molar-refractivity contribution in [3.8, 4) is 0 Å². The molecule has 0 radical (unpaired) electrons. The van der Waals surface area contributed by atoms with Crippen LogP contribution in [0, 0.1) is 10.1 Å². The van der Waals surface area contributed by atoms with Crippen LogP contribution in [0.3, 0.4) is 0 Å². The molecule has 108 valence electrons. The first-order valence-electron chi connectivity index (χ1n) is 5.04. The Labute approximate surface area is 114 Å². The molecule has 0 saturated carbocycles. The molecule has 0 amide bonds. The van der Waals surface area contributed by atoms with Crippen LogP contribution in [0.2, 0.25) is 0 Å². The number of nitrogens with one attached hydrogen (secondary N) is 1. The summed E-state index contributed by atoms with van der Waals surface area (Å²) in [5.41, 5.74) is 1.75. The molecule has 1 heterocycles. The highest BCUT2D eigenvalue weighted by molar-refractivity contribution is 7.91. The summed E-state index contributed by atoms with van der Waals surface area (Å²) in [6.45, 7) is 0.376. The van der Waals surface area contributed by atoms with Crippen molar-refractivity contribution < 1.29 is 18.1 Å². The number of likely N-dealkylation sites (N-methyl/N-ethyl adjacent to an activating group) is 1. The molecule has 0 fully saturated rings. The monoisotopic (exact) mass is 310 g/mol. The van der Waals surface area contributed by atoms with Gasteiger partial charge in [0.15, 0.2) is 5.00 Å². The highest BCUT2D eigenvalue weighted by atomic mass is 32.2. The molecule has 9 nitrogen and oxygen atoms in total. The van der Waals surface area contributed by atoms with Crippen LogP contribution in [0.5, 0.6) is 0 Å². The molecule has 0 spiro atoms. The van der Waals surface area contributed by atoms with E-state index in [0.29, 0.717) is 11.3 Å². The van der Waals surface area contributed by atoms with Gasteiger partial charge in [-0.3, -0.25) is 10.1 Å². The molecule has 11 heteroatoms. The van der Waals surface area contributed by atoms with Crippen LogP contribution in [0.15, 0.2) is 10.3 Å². The number of nitrogens with zero attached hydrogens (tertiary/aromatic N) is 2. The lowest BCUT2D eigenvalue weighted by atomic mass is 10.5. The average Bonchev–Trinajstić information content (AvgIpc) is 2.80. The minimum atomic E-state index is -3.78. The Morgan fingerprint density at radius 1 is 1.63 bits per heavy atom. The van der Waals surface area contributed by atoms with E-state index in [1.165, 1.54) is 14.2 Å². The molecular formula is C8H14N4O5S2. The van der Waals surface area contributed by atoms with E-state index in [9.17, 15) is 18.5 Å². The topological polar surface area (TPSA) is 128 Å². The molecule has 0 aliphatic heterocycles. The molecule has 1 aromatic rings. The molecular weight excluding hydrogens is 296 g/mol. The standard InChI is InChI=1S/C8H14N4O5S2/c1-11(3-4-17-2)19(15,16)7-5-6(12(13)14)8(10-9)18-7/h5,10H,3-4,9H2,1-2H3. The van der Waals surface area contributed by atoms with Gasteiger partial charge in [-0.1, -0.05) is 11.3 Å². The Morgan fingerprint density at radius 2 is 2.26 bits per heavy atom. The van der Waals surface area contributed by atoms with Crippen molar-refractivity contribution >= 4 is 32.0 Å². The predicted molar refractivity (Wildman–Crippen MR) is 70.5 cm³/mol. The molecule has 0 aliphatic carbocycles. The van der Waals surface area contributed by atoms with E-state index in [1.807, 2.05) is 0 Å². The van der Waals surface area contributed by atoms with Gasteiger partial charge in [0.05, 0.1) is 11.5 Å². The van der Waals surface area contributed by atoms with Gasteiger partial charge in [0.2, 0.25) is 0 Å². The minimum Gasteiger partial charge on any atom is -0.383 e. The second kappa shape index (κ2) is 6.25. The van der Waals surface area contributed by atoms with Gasteiger partial charge < -0.3 is 10.2 Å². The lowest BCUT2D eigenvalue weighted by molar-refractivity contribution is -0.383. The van der Waals surface area contributed by atoms with Gasteiger partial charge >= 0.3 is 5.69 Å². The number of hydrazine groups is 1. The Balaban J connectivity index is 3.11. The fraction of sp³-hybridized carbons (Fsp3) is 0.500. The zero-order chi connectivity index (χ0) is 14.6. The first-order chi connectivity index (χ1) is 8.84. The van der Waals surface area contributed by atoms with Crippen molar-refractivity contribution in [2.45, 2.75) is 4.21 Å². The zero-order valence-corrected chi connectivity index (χ0v) is 12.0. The molecule has 0 atom stereocenters. The van der Waals surface area contributed by atoms with E-state index in [-0.39, 0.29) is 28.0 Å². The van der Waals surface area contributed by atoms with Crippen molar-refractivity contribution in [3.05, 3.63) is 16.2 Å². The quantitative estimate of drug-likeness (QED) is 0.418. The van der Waals surface area contributed by atoms with Gasteiger partial charge in [-0.15, -0.1) is 0 Å². The molecule has 0 aliphatic rings.